The van der Waals surface area contributed by atoms with Crippen LogP contribution in [-0.2, 0) is 14.3 Å². The molecule has 15 heteroatoms. The number of carbonyl (C=O) groups is 3. The second-order valence-corrected chi connectivity index (χ2v) is 14.4. The van der Waals surface area contributed by atoms with Gasteiger partial charge in [0.2, 0.25) is 5.91 Å². The quantitative estimate of drug-likeness (QED) is 0.143. The van der Waals surface area contributed by atoms with Gasteiger partial charge in [-0.3, -0.25) is 9.69 Å². The normalized spacial score (nSPS) is 15.7. The third-order valence-electron chi connectivity index (χ3n) is 10.8. The molecule has 2 saturated heterocycles. The molecule has 3 unspecified atom stereocenters. The zero-order chi connectivity index (χ0) is 43.0. The Bertz CT molecular complexity index is 1970. The van der Waals surface area contributed by atoms with Gasteiger partial charge < -0.3 is 54.6 Å². The van der Waals surface area contributed by atoms with Gasteiger partial charge in [0.15, 0.2) is 23.0 Å². The third kappa shape index (κ3) is 12.3. The van der Waals surface area contributed by atoms with Crippen molar-refractivity contribution in [3.8, 4) is 23.0 Å². The number of nitrogens with zero attached hydrogens (tertiary/aromatic N) is 4. The molecule has 2 fully saturated rings. The van der Waals surface area contributed by atoms with Crippen LogP contribution in [0.2, 0.25) is 0 Å². The van der Waals surface area contributed by atoms with Crippen molar-refractivity contribution in [1.29, 1.82) is 0 Å². The van der Waals surface area contributed by atoms with Gasteiger partial charge in [0.05, 0.1) is 34.9 Å². The lowest BCUT2D eigenvalue weighted by molar-refractivity contribution is -0.133. The molecule has 0 bridgehead atoms. The number of carbonyl (C=O) groups excluding carboxylic acids is 3. The summed E-state index contributed by atoms with van der Waals surface area (Å²) in [5.41, 5.74) is 14.4. The van der Waals surface area contributed by atoms with Gasteiger partial charge in [-0.15, -0.1) is 0 Å². The lowest BCUT2D eigenvalue weighted by Gasteiger charge is -2.40. The number of hydrogen-bond donors (Lipinski definition) is 2. The molecule has 322 valence electrons. The maximum absolute atomic E-state index is 12.8. The van der Waals surface area contributed by atoms with Crippen LogP contribution >= 0.6 is 0 Å². The first-order valence-electron chi connectivity index (χ1n) is 20.0. The van der Waals surface area contributed by atoms with Crippen LogP contribution in [0.25, 0.3) is 0 Å². The summed E-state index contributed by atoms with van der Waals surface area (Å²) in [6, 6.07) is 31.0. The number of piperazine rings is 2. The fraction of sp³-hybridized carbons (Fsp3) is 0.400. The second kappa shape index (κ2) is 22.1. The molecule has 2 heterocycles. The molecular weight excluding hydrogens is 769 g/mol. The van der Waals surface area contributed by atoms with Gasteiger partial charge >= 0.3 is 12.2 Å². The largest absolute Gasteiger partial charge is 0.493 e. The third-order valence-corrected chi connectivity index (χ3v) is 10.8. The summed E-state index contributed by atoms with van der Waals surface area (Å²) >= 11 is 0. The number of ether oxygens (including phenoxy) is 6. The molecule has 4 N–H and O–H groups in total. The number of nitrogens with two attached hydrogens (primary N) is 2. The van der Waals surface area contributed by atoms with Crippen molar-refractivity contribution in [3.05, 3.63) is 108 Å². The van der Waals surface area contributed by atoms with Crippen molar-refractivity contribution in [3.63, 3.8) is 0 Å². The minimum Gasteiger partial charge on any atom is -0.493 e. The van der Waals surface area contributed by atoms with Crippen molar-refractivity contribution < 1.29 is 42.8 Å². The van der Waals surface area contributed by atoms with E-state index < -0.39 is 18.3 Å². The monoisotopic (exact) mass is 826 g/mol. The molecule has 0 radical (unpaired) electrons. The van der Waals surface area contributed by atoms with E-state index in [9.17, 15) is 14.4 Å². The minimum atomic E-state index is -0.894. The first-order chi connectivity index (χ1) is 29.0. The Labute approximate surface area is 352 Å². The number of amides is 3. The Kier molecular flexibility index (Phi) is 16.5. The number of primary amides is 2. The first kappa shape index (κ1) is 44.7. The fourth-order valence-electron chi connectivity index (χ4n) is 7.52. The summed E-state index contributed by atoms with van der Waals surface area (Å²) in [5, 5.41) is 0. The minimum absolute atomic E-state index is 0.0588. The molecule has 0 spiro atoms. The smallest absolute Gasteiger partial charge is 0.405 e. The molecule has 0 aromatic heterocycles. The van der Waals surface area contributed by atoms with E-state index in [0.29, 0.717) is 44.1 Å². The molecule has 0 aliphatic carbocycles. The molecule has 3 atom stereocenters. The van der Waals surface area contributed by atoms with Gasteiger partial charge in [0.1, 0.15) is 12.2 Å². The van der Waals surface area contributed by atoms with Crippen LogP contribution in [0, 0.1) is 0 Å². The highest BCUT2D eigenvalue weighted by molar-refractivity contribution is 5.78. The van der Waals surface area contributed by atoms with Gasteiger partial charge in [0.25, 0.3) is 0 Å². The molecule has 2 aliphatic rings. The molecule has 15 nitrogen and oxygen atoms in total. The van der Waals surface area contributed by atoms with Crippen LogP contribution < -0.4 is 40.2 Å². The number of hydrogen-bond acceptors (Lipinski definition) is 12. The number of anilines is 2. The van der Waals surface area contributed by atoms with Crippen LogP contribution in [0.15, 0.2) is 97.1 Å². The summed E-state index contributed by atoms with van der Waals surface area (Å²) in [7, 11) is 6.50. The molecule has 60 heavy (non-hydrogen) atoms. The second-order valence-electron chi connectivity index (χ2n) is 14.4. The predicted molar refractivity (Wildman–Crippen MR) is 230 cm³/mol. The summed E-state index contributed by atoms with van der Waals surface area (Å²) in [6.45, 7) is 8.37. The Morgan fingerprint density at radius 3 is 1.40 bits per heavy atom. The van der Waals surface area contributed by atoms with E-state index in [1.54, 1.807) is 33.3 Å². The molecule has 2 aliphatic heterocycles. The van der Waals surface area contributed by atoms with Gasteiger partial charge in [-0.25, -0.2) is 9.59 Å². The maximum Gasteiger partial charge on any atom is 0.405 e. The zero-order valence-electron chi connectivity index (χ0n) is 35.2. The summed E-state index contributed by atoms with van der Waals surface area (Å²) < 4.78 is 32.0. The highest BCUT2D eigenvalue weighted by Crippen LogP contribution is 2.34. The summed E-state index contributed by atoms with van der Waals surface area (Å²) in [5.74, 6) is 2.74. The number of benzene rings is 4. The van der Waals surface area contributed by atoms with Crippen molar-refractivity contribution >= 4 is 29.5 Å². The van der Waals surface area contributed by atoms with E-state index in [4.69, 9.17) is 39.9 Å². The van der Waals surface area contributed by atoms with Crippen LogP contribution in [0.3, 0.4) is 0 Å². The first-order valence-corrected chi connectivity index (χ1v) is 20.0. The Hall–Kier alpha value is -6.35. The van der Waals surface area contributed by atoms with Gasteiger partial charge in [0, 0.05) is 88.3 Å². The molecule has 6 rings (SSSR count). The predicted octanol–water partition coefficient (Wildman–Crippen LogP) is 6.02. The van der Waals surface area contributed by atoms with Crippen LogP contribution in [0.1, 0.15) is 43.1 Å². The van der Waals surface area contributed by atoms with Crippen molar-refractivity contribution in [1.82, 2.24) is 9.80 Å². The number of methoxy groups -OCH3 is 4. The van der Waals surface area contributed by atoms with E-state index in [2.05, 4.69) is 27.7 Å². The van der Waals surface area contributed by atoms with Crippen molar-refractivity contribution in [2.75, 3.05) is 90.6 Å². The highest BCUT2D eigenvalue weighted by Gasteiger charge is 2.28. The Morgan fingerprint density at radius 1 is 0.550 bits per heavy atom. The standard InChI is InChI=1S/C23H31N3O4.C22H27N3O5/c1-17(15-21(30-23(24)27)18-7-5-4-6-8-18)25-11-13-26(14-12-25)19-9-10-20(28-2)22(16-19)29-3;1-28-18-9-8-17(14-20(18)29-2)24-10-12-25(13-11-24)21(26)15-19(30-22(23)27)16-6-4-3-5-7-16/h4-10,16-17,21H,11-15H2,1-3H3,(H2,24,27);3-9,14,19H,10-13,15H2,1-2H3,(H2,23,27). The summed E-state index contributed by atoms with van der Waals surface area (Å²) in [6.07, 6.45) is -1.92. The van der Waals surface area contributed by atoms with E-state index in [1.807, 2.05) is 91.0 Å². The highest BCUT2D eigenvalue weighted by atomic mass is 16.6. The van der Waals surface area contributed by atoms with Crippen LogP contribution in [0.5, 0.6) is 23.0 Å². The summed E-state index contributed by atoms with van der Waals surface area (Å²) in [4.78, 5) is 44.3. The van der Waals surface area contributed by atoms with Gasteiger partial charge in [-0.05, 0) is 42.3 Å². The lowest BCUT2D eigenvalue weighted by atomic mass is 10.0. The van der Waals surface area contributed by atoms with E-state index in [0.717, 1.165) is 60.2 Å². The molecule has 4 aromatic carbocycles. The molecule has 4 aromatic rings. The van der Waals surface area contributed by atoms with Crippen molar-refractivity contribution in [2.45, 2.75) is 38.0 Å². The molecule has 3 amide bonds. The average Bonchev–Trinajstić information content (AvgIpc) is 3.28. The molecule has 0 saturated carbocycles. The van der Waals surface area contributed by atoms with Crippen molar-refractivity contribution in [2.24, 2.45) is 11.5 Å². The van der Waals surface area contributed by atoms with Crippen LogP contribution in [0.4, 0.5) is 21.0 Å². The average molecular weight is 827 g/mol. The lowest BCUT2D eigenvalue weighted by Crippen LogP contribution is -2.50. The van der Waals surface area contributed by atoms with E-state index in [1.165, 1.54) is 0 Å². The SMILES string of the molecule is COc1ccc(N2CCN(C(=O)CC(OC(N)=O)c3ccccc3)CC2)cc1OC.COc1ccc(N2CCN(C(C)CC(OC(N)=O)c3ccccc3)CC2)cc1OC. The Balaban J connectivity index is 0.000000228. The Morgan fingerprint density at radius 2 is 0.967 bits per heavy atom. The zero-order valence-corrected chi connectivity index (χ0v) is 35.2. The maximum atomic E-state index is 12.8. The number of rotatable bonds is 15. The molecular formula is C45H58N6O9. The topological polar surface area (TPSA) is 172 Å². The van der Waals surface area contributed by atoms with Crippen LogP contribution in [-0.4, -0.2) is 115 Å². The van der Waals surface area contributed by atoms with Gasteiger partial charge in [-0.2, -0.15) is 0 Å². The fourth-order valence-corrected chi connectivity index (χ4v) is 7.52. The van der Waals surface area contributed by atoms with Gasteiger partial charge in [-0.1, -0.05) is 60.7 Å². The van der Waals surface area contributed by atoms with E-state index >= 15 is 0 Å². The van der Waals surface area contributed by atoms with E-state index in [-0.39, 0.29) is 24.5 Å².